The quantitative estimate of drug-likeness (QED) is 0.585. The molecule has 0 radical (unpaired) electrons. The van der Waals surface area contributed by atoms with E-state index >= 15 is 0 Å². The molecule has 0 spiro atoms. The fourth-order valence-electron chi connectivity index (χ4n) is 1.69. The third-order valence-electron chi connectivity index (χ3n) is 3.03. The first kappa shape index (κ1) is 20.7. The van der Waals surface area contributed by atoms with Crippen LogP contribution in [-0.2, 0) is 9.47 Å². The lowest BCUT2D eigenvalue weighted by Gasteiger charge is -2.09. The number of hydrogen-bond donors (Lipinski definition) is 1. The summed E-state index contributed by atoms with van der Waals surface area (Å²) in [7, 11) is 1.96. The molecule has 22 heavy (non-hydrogen) atoms. The molecule has 0 amide bonds. The van der Waals surface area contributed by atoms with Gasteiger partial charge in [0.15, 0.2) is 0 Å². The number of rotatable bonds is 8. The Morgan fingerprint density at radius 3 is 2.32 bits per heavy atom. The minimum atomic E-state index is 0.366. The Labute approximate surface area is 136 Å². The summed E-state index contributed by atoms with van der Waals surface area (Å²) in [6.07, 6.45) is 0.923. The van der Waals surface area contributed by atoms with Crippen LogP contribution in [0.25, 0.3) is 0 Å². The molecule has 1 aromatic carbocycles. The molecule has 1 N–H and O–H groups in total. The van der Waals surface area contributed by atoms with Crippen molar-refractivity contribution in [1.29, 1.82) is 0 Å². The van der Waals surface area contributed by atoms with Gasteiger partial charge in [0.05, 0.1) is 6.61 Å². The number of ether oxygens (including phenoxy) is 2. The van der Waals surface area contributed by atoms with Crippen LogP contribution in [0, 0.1) is 11.8 Å². The summed E-state index contributed by atoms with van der Waals surface area (Å²) in [6, 6.07) is 8.67. The fraction of sp³-hybridized carbons (Fsp3) is 0.579. The van der Waals surface area contributed by atoms with Crippen LogP contribution in [0.15, 0.2) is 24.3 Å². The maximum absolute atomic E-state index is 5.42. The summed E-state index contributed by atoms with van der Waals surface area (Å²) < 4.78 is 10.6. The van der Waals surface area contributed by atoms with Crippen LogP contribution in [0.5, 0.6) is 0 Å². The Hall–Kier alpha value is -1.34. The lowest BCUT2D eigenvalue weighted by Crippen LogP contribution is -2.11. The molecule has 0 aromatic heterocycles. The Bertz CT molecular complexity index is 417. The van der Waals surface area contributed by atoms with E-state index in [0.29, 0.717) is 19.3 Å². The molecule has 0 aliphatic heterocycles. The fourth-order valence-corrected chi connectivity index (χ4v) is 1.69. The van der Waals surface area contributed by atoms with Crippen LogP contribution >= 0.6 is 0 Å². The van der Waals surface area contributed by atoms with Crippen LogP contribution in [0.1, 0.15) is 51.3 Å². The molecule has 1 atom stereocenters. The van der Waals surface area contributed by atoms with E-state index in [1.54, 1.807) is 0 Å². The molecule has 3 nitrogen and oxygen atoms in total. The van der Waals surface area contributed by atoms with Gasteiger partial charge in [0.25, 0.3) is 0 Å². The molecule has 3 heteroatoms. The lowest BCUT2D eigenvalue weighted by molar-refractivity contribution is 0.102. The maximum atomic E-state index is 5.42. The van der Waals surface area contributed by atoms with Gasteiger partial charge in [-0.05, 0) is 45.0 Å². The molecule has 0 aliphatic carbocycles. The van der Waals surface area contributed by atoms with Crippen molar-refractivity contribution in [3.05, 3.63) is 35.4 Å². The Kier molecular flexibility index (Phi) is 13.7. The molecule has 0 heterocycles. The average molecular weight is 305 g/mol. The molecule has 0 saturated carbocycles. The monoisotopic (exact) mass is 305 g/mol. The van der Waals surface area contributed by atoms with Gasteiger partial charge < -0.3 is 14.8 Å². The summed E-state index contributed by atoms with van der Waals surface area (Å²) >= 11 is 0. The van der Waals surface area contributed by atoms with E-state index in [1.165, 1.54) is 5.56 Å². The van der Waals surface area contributed by atoms with E-state index in [4.69, 9.17) is 9.47 Å². The zero-order valence-electron chi connectivity index (χ0n) is 14.7. The van der Waals surface area contributed by atoms with Crippen LogP contribution in [0.4, 0.5) is 0 Å². The minimum absolute atomic E-state index is 0.366. The predicted molar refractivity (Wildman–Crippen MR) is 94.1 cm³/mol. The van der Waals surface area contributed by atoms with Gasteiger partial charge in [-0.15, -0.1) is 0 Å². The van der Waals surface area contributed by atoms with E-state index in [0.717, 1.165) is 25.2 Å². The highest BCUT2D eigenvalue weighted by molar-refractivity contribution is 5.36. The summed E-state index contributed by atoms with van der Waals surface area (Å²) in [5, 5.41) is 3.22. The second kappa shape index (κ2) is 14.6. The molecule has 0 aliphatic rings. The van der Waals surface area contributed by atoms with Gasteiger partial charge in [-0.25, -0.2) is 0 Å². The normalized spacial score (nSPS) is 11.0. The number of hydrogen-bond acceptors (Lipinski definition) is 3. The highest BCUT2D eigenvalue weighted by atomic mass is 16.5. The third kappa shape index (κ3) is 9.57. The molecule has 1 rings (SSSR count). The average Bonchev–Trinajstić information content (AvgIpc) is 2.59. The van der Waals surface area contributed by atoms with Crippen LogP contribution in [0.2, 0.25) is 0 Å². The molecular weight excluding hydrogens is 274 g/mol. The van der Waals surface area contributed by atoms with Crippen molar-refractivity contribution in [3.8, 4) is 11.8 Å². The second-order valence-electron chi connectivity index (χ2n) is 4.54. The van der Waals surface area contributed by atoms with Gasteiger partial charge >= 0.3 is 0 Å². The van der Waals surface area contributed by atoms with Gasteiger partial charge in [-0.3, -0.25) is 0 Å². The molecule has 124 valence electrons. The first-order valence-electron chi connectivity index (χ1n) is 8.19. The number of benzene rings is 1. The highest BCUT2D eigenvalue weighted by Crippen LogP contribution is 2.11. The standard InChI is InChI=1S/C17H25NO2.C2H6/c1-4-19-13-6-14-20-12-5-7-16-8-10-17(11-9-16)15(2)18-3;1-2/h8-11,15,18H,4,6,12-14H2,1-3H3;1-2H3. The van der Waals surface area contributed by atoms with Crippen LogP contribution < -0.4 is 5.32 Å². The SMILES string of the molecule is CC.CCOCCCOCC#Cc1ccc(C(C)NC)cc1. The maximum Gasteiger partial charge on any atom is 0.108 e. The zero-order chi connectivity index (χ0) is 16.6. The molecule has 0 fully saturated rings. The van der Waals surface area contributed by atoms with Crippen molar-refractivity contribution in [2.75, 3.05) is 33.5 Å². The van der Waals surface area contributed by atoms with Crippen molar-refractivity contribution in [1.82, 2.24) is 5.32 Å². The van der Waals surface area contributed by atoms with Gasteiger partial charge in [0.1, 0.15) is 6.61 Å². The van der Waals surface area contributed by atoms with Gasteiger partial charge in [-0.1, -0.05) is 37.8 Å². The van der Waals surface area contributed by atoms with E-state index in [2.05, 4.69) is 36.2 Å². The van der Waals surface area contributed by atoms with E-state index in [-0.39, 0.29) is 0 Å². The van der Waals surface area contributed by atoms with E-state index < -0.39 is 0 Å². The summed E-state index contributed by atoms with van der Waals surface area (Å²) in [4.78, 5) is 0. The molecule has 1 unspecified atom stereocenters. The van der Waals surface area contributed by atoms with Gasteiger partial charge in [0.2, 0.25) is 0 Å². The first-order chi connectivity index (χ1) is 10.8. The van der Waals surface area contributed by atoms with Gasteiger partial charge in [0, 0.05) is 24.8 Å². The summed E-state index contributed by atoms with van der Waals surface area (Å²) in [5.41, 5.74) is 2.29. The van der Waals surface area contributed by atoms with Crippen LogP contribution in [0.3, 0.4) is 0 Å². The van der Waals surface area contributed by atoms with Crippen molar-refractivity contribution < 1.29 is 9.47 Å². The third-order valence-corrected chi connectivity index (χ3v) is 3.03. The zero-order valence-corrected chi connectivity index (χ0v) is 14.7. The molecule has 0 bridgehead atoms. The predicted octanol–water partition coefficient (Wildman–Crippen LogP) is 3.79. The molecule has 0 saturated heterocycles. The molecular formula is C19H31NO2. The molecule has 1 aromatic rings. The first-order valence-corrected chi connectivity index (χ1v) is 8.19. The minimum Gasteiger partial charge on any atom is -0.382 e. The largest absolute Gasteiger partial charge is 0.382 e. The second-order valence-corrected chi connectivity index (χ2v) is 4.54. The lowest BCUT2D eigenvalue weighted by atomic mass is 10.1. The van der Waals surface area contributed by atoms with Gasteiger partial charge in [-0.2, -0.15) is 0 Å². The Morgan fingerprint density at radius 2 is 1.73 bits per heavy atom. The van der Waals surface area contributed by atoms with E-state index in [9.17, 15) is 0 Å². The van der Waals surface area contributed by atoms with E-state index in [1.807, 2.05) is 40.0 Å². The topological polar surface area (TPSA) is 30.5 Å². The number of nitrogens with one attached hydrogen (secondary N) is 1. The van der Waals surface area contributed by atoms with Crippen molar-refractivity contribution >= 4 is 0 Å². The van der Waals surface area contributed by atoms with Crippen LogP contribution in [-0.4, -0.2) is 33.5 Å². The van der Waals surface area contributed by atoms with Crippen molar-refractivity contribution in [2.24, 2.45) is 0 Å². The van der Waals surface area contributed by atoms with Crippen molar-refractivity contribution in [3.63, 3.8) is 0 Å². The Morgan fingerprint density at radius 1 is 1.09 bits per heavy atom. The Balaban J connectivity index is 0.00000211. The smallest absolute Gasteiger partial charge is 0.108 e. The summed E-state index contributed by atoms with van der Waals surface area (Å²) in [5.74, 6) is 6.13. The van der Waals surface area contributed by atoms with Crippen molar-refractivity contribution in [2.45, 2.75) is 40.2 Å². The highest BCUT2D eigenvalue weighted by Gasteiger charge is 2.00. The summed E-state index contributed by atoms with van der Waals surface area (Å²) in [6.45, 7) is 10.8.